The normalized spacial score (nSPS) is 11.2. The summed E-state index contributed by atoms with van der Waals surface area (Å²) < 4.78 is 7.53. The fraction of sp³-hybridized carbons (Fsp3) is 0.409. The van der Waals surface area contributed by atoms with Gasteiger partial charge < -0.3 is 10.1 Å². The van der Waals surface area contributed by atoms with Crippen LogP contribution in [0.1, 0.15) is 43.1 Å². The number of rotatable bonds is 8. The quantitative estimate of drug-likeness (QED) is 0.554. The number of benzene rings is 1. The minimum Gasteiger partial charge on any atom is -0.492 e. The number of carbonyl (C=O) groups is 1. The second-order valence-corrected chi connectivity index (χ2v) is 7.81. The van der Waals surface area contributed by atoms with Gasteiger partial charge in [-0.2, -0.15) is 5.10 Å². The Kier molecular flexibility index (Phi) is 6.75. The van der Waals surface area contributed by atoms with E-state index in [-0.39, 0.29) is 11.9 Å². The van der Waals surface area contributed by atoms with Crippen molar-refractivity contribution in [3.63, 3.8) is 0 Å². The lowest BCUT2D eigenvalue weighted by molar-refractivity contribution is -0.121. The predicted molar refractivity (Wildman–Crippen MR) is 116 cm³/mol. The number of amides is 1. The van der Waals surface area contributed by atoms with Gasteiger partial charge in [0, 0.05) is 28.6 Å². The van der Waals surface area contributed by atoms with Gasteiger partial charge in [-0.15, -0.1) is 0 Å². The molecule has 0 aliphatic carbocycles. The molecule has 0 saturated carbocycles. The van der Waals surface area contributed by atoms with Crippen LogP contribution in [-0.2, 0) is 11.2 Å². The Hall–Kier alpha value is -2.60. The first-order valence-electron chi connectivity index (χ1n) is 9.85. The van der Waals surface area contributed by atoms with Crippen molar-refractivity contribution in [1.29, 1.82) is 0 Å². The van der Waals surface area contributed by atoms with Crippen LogP contribution in [0.3, 0.4) is 0 Å². The molecular formula is C22H27ClN4O2. The van der Waals surface area contributed by atoms with Crippen molar-refractivity contribution in [3.8, 4) is 5.75 Å². The maximum atomic E-state index is 12.2. The van der Waals surface area contributed by atoms with E-state index in [9.17, 15) is 4.79 Å². The molecular weight excluding hydrogens is 388 g/mol. The van der Waals surface area contributed by atoms with E-state index in [2.05, 4.69) is 31.2 Å². The number of ether oxygens (including phenoxy) is 1. The van der Waals surface area contributed by atoms with E-state index in [1.54, 1.807) is 24.3 Å². The summed E-state index contributed by atoms with van der Waals surface area (Å²) in [5.74, 6) is 0.734. The van der Waals surface area contributed by atoms with Gasteiger partial charge in [0.25, 0.3) is 0 Å². The smallest absolute Gasteiger partial charge is 0.220 e. The Morgan fingerprint density at radius 3 is 2.66 bits per heavy atom. The summed E-state index contributed by atoms with van der Waals surface area (Å²) in [5, 5.41) is 9.09. The van der Waals surface area contributed by atoms with Crippen LogP contribution in [0, 0.1) is 13.8 Å². The molecule has 7 heteroatoms. The maximum absolute atomic E-state index is 12.2. The third kappa shape index (κ3) is 5.07. The van der Waals surface area contributed by atoms with Gasteiger partial charge in [-0.25, -0.2) is 9.67 Å². The predicted octanol–water partition coefficient (Wildman–Crippen LogP) is 4.41. The van der Waals surface area contributed by atoms with Crippen LogP contribution in [0.4, 0.5) is 0 Å². The molecule has 1 N–H and O–H groups in total. The van der Waals surface area contributed by atoms with Gasteiger partial charge in [0.05, 0.1) is 12.7 Å². The average molecular weight is 415 g/mol. The highest BCUT2D eigenvalue weighted by atomic mass is 35.5. The Morgan fingerprint density at radius 1 is 1.24 bits per heavy atom. The average Bonchev–Trinajstić information content (AvgIpc) is 3.10. The molecule has 1 aromatic carbocycles. The summed E-state index contributed by atoms with van der Waals surface area (Å²) >= 11 is 5.85. The Morgan fingerprint density at radius 2 is 1.97 bits per heavy atom. The summed E-state index contributed by atoms with van der Waals surface area (Å²) in [7, 11) is 0. The fourth-order valence-corrected chi connectivity index (χ4v) is 3.48. The summed E-state index contributed by atoms with van der Waals surface area (Å²) in [5.41, 5.74) is 4.13. The van der Waals surface area contributed by atoms with Crippen LogP contribution >= 0.6 is 11.6 Å². The molecule has 1 amide bonds. The molecule has 0 bridgehead atoms. The Bertz CT molecular complexity index is 996. The summed E-state index contributed by atoms with van der Waals surface area (Å²) in [6.45, 7) is 9.13. The van der Waals surface area contributed by atoms with Crippen molar-refractivity contribution < 1.29 is 9.53 Å². The van der Waals surface area contributed by atoms with Gasteiger partial charge in [-0.1, -0.05) is 11.6 Å². The third-order valence-electron chi connectivity index (χ3n) is 4.93. The number of carbonyl (C=O) groups excluding carboxylic acids is 1. The van der Waals surface area contributed by atoms with Crippen molar-refractivity contribution in [2.24, 2.45) is 0 Å². The van der Waals surface area contributed by atoms with Gasteiger partial charge in [-0.3, -0.25) is 4.79 Å². The SMILES string of the molecule is Cc1nc2c(cnn2C(C)C)c(C)c1CCC(=O)NCCOc1ccc(Cl)cc1. The zero-order chi connectivity index (χ0) is 21.0. The second-order valence-electron chi connectivity index (χ2n) is 7.37. The Labute approximate surface area is 176 Å². The van der Waals surface area contributed by atoms with Crippen LogP contribution in [0.5, 0.6) is 5.75 Å². The summed E-state index contributed by atoms with van der Waals surface area (Å²) in [6.07, 6.45) is 2.93. The van der Waals surface area contributed by atoms with E-state index in [0.717, 1.165) is 33.6 Å². The summed E-state index contributed by atoms with van der Waals surface area (Å²) in [6, 6.07) is 7.41. The van der Waals surface area contributed by atoms with E-state index in [1.165, 1.54) is 0 Å². The summed E-state index contributed by atoms with van der Waals surface area (Å²) in [4.78, 5) is 17.0. The zero-order valence-corrected chi connectivity index (χ0v) is 18.1. The molecule has 0 unspecified atom stereocenters. The number of pyridine rings is 1. The van der Waals surface area contributed by atoms with Crippen LogP contribution in [0.25, 0.3) is 11.0 Å². The van der Waals surface area contributed by atoms with Gasteiger partial charge in [-0.05, 0) is 69.5 Å². The first-order valence-corrected chi connectivity index (χ1v) is 10.2. The highest BCUT2D eigenvalue weighted by molar-refractivity contribution is 6.30. The highest BCUT2D eigenvalue weighted by Crippen LogP contribution is 2.25. The number of aryl methyl sites for hydroxylation is 2. The molecule has 0 spiro atoms. The molecule has 0 saturated heterocycles. The molecule has 154 valence electrons. The van der Waals surface area contributed by atoms with Crippen LogP contribution in [0.2, 0.25) is 5.02 Å². The lowest BCUT2D eigenvalue weighted by Gasteiger charge is -2.13. The van der Waals surface area contributed by atoms with Crippen LogP contribution in [-0.4, -0.2) is 33.8 Å². The molecule has 0 aliphatic heterocycles. The van der Waals surface area contributed by atoms with Crippen molar-refractivity contribution in [2.45, 2.75) is 46.6 Å². The number of nitrogens with zero attached hydrogens (tertiary/aromatic N) is 3. The highest BCUT2D eigenvalue weighted by Gasteiger charge is 2.15. The number of hydrogen-bond acceptors (Lipinski definition) is 4. The fourth-order valence-electron chi connectivity index (χ4n) is 3.36. The zero-order valence-electron chi connectivity index (χ0n) is 17.3. The molecule has 0 aliphatic rings. The monoisotopic (exact) mass is 414 g/mol. The number of aromatic nitrogens is 3. The van der Waals surface area contributed by atoms with E-state index in [0.29, 0.717) is 31.0 Å². The molecule has 0 fully saturated rings. The molecule has 2 aromatic heterocycles. The molecule has 3 aromatic rings. The molecule has 3 rings (SSSR count). The molecule has 0 radical (unpaired) electrons. The number of nitrogens with one attached hydrogen (secondary N) is 1. The number of fused-ring (bicyclic) bond motifs is 1. The topological polar surface area (TPSA) is 69.0 Å². The standard InChI is InChI=1S/C22H27ClN4O2/c1-14(2)27-22-20(13-25-27)15(3)19(16(4)26-22)9-10-21(28)24-11-12-29-18-7-5-17(23)6-8-18/h5-8,13-14H,9-12H2,1-4H3,(H,24,28). The number of hydrogen-bond donors (Lipinski definition) is 1. The first-order chi connectivity index (χ1) is 13.9. The molecule has 29 heavy (non-hydrogen) atoms. The van der Waals surface area contributed by atoms with Crippen molar-refractivity contribution in [1.82, 2.24) is 20.1 Å². The largest absolute Gasteiger partial charge is 0.492 e. The lowest BCUT2D eigenvalue weighted by Crippen LogP contribution is -2.28. The van der Waals surface area contributed by atoms with E-state index < -0.39 is 0 Å². The molecule has 0 atom stereocenters. The van der Waals surface area contributed by atoms with E-state index in [4.69, 9.17) is 21.3 Å². The molecule has 2 heterocycles. The Balaban J connectivity index is 1.53. The maximum Gasteiger partial charge on any atom is 0.220 e. The molecule has 6 nitrogen and oxygen atoms in total. The van der Waals surface area contributed by atoms with Crippen LogP contribution in [0.15, 0.2) is 30.5 Å². The van der Waals surface area contributed by atoms with Crippen molar-refractivity contribution in [3.05, 3.63) is 52.3 Å². The minimum atomic E-state index is 0.00137. The minimum absolute atomic E-state index is 0.00137. The first kappa shape index (κ1) is 21.1. The van der Waals surface area contributed by atoms with Crippen LogP contribution < -0.4 is 10.1 Å². The van der Waals surface area contributed by atoms with Gasteiger partial charge in [0.2, 0.25) is 5.91 Å². The van der Waals surface area contributed by atoms with E-state index >= 15 is 0 Å². The van der Waals surface area contributed by atoms with Gasteiger partial charge >= 0.3 is 0 Å². The number of halogens is 1. The third-order valence-corrected chi connectivity index (χ3v) is 5.19. The van der Waals surface area contributed by atoms with E-state index in [1.807, 2.05) is 17.8 Å². The lowest BCUT2D eigenvalue weighted by atomic mass is 10.0. The second kappa shape index (κ2) is 9.27. The van der Waals surface area contributed by atoms with Crippen molar-refractivity contribution in [2.75, 3.05) is 13.2 Å². The van der Waals surface area contributed by atoms with Gasteiger partial charge in [0.1, 0.15) is 12.4 Å². The van der Waals surface area contributed by atoms with Crippen molar-refractivity contribution >= 4 is 28.5 Å². The van der Waals surface area contributed by atoms with Gasteiger partial charge in [0.15, 0.2) is 5.65 Å².